The van der Waals surface area contributed by atoms with Gasteiger partial charge in [0.05, 0.1) is 5.57 Å². The zero-order chi connectivity index (χ0) is 20.4. The molecule has 4 rings (SSSR count). The van der Waals surface area contributed by atoms with Crippen LogP contribution in [0.2, 0.25) is 5.02 Å². The molecule has 0 radical (unpaired) electrons. The fourth-order valence-electron chi connectivity index (χ4n) is 3.15. The van der Waals surface area contributed by atoms with Gasteiger partial charge in [0, 0.05) is 22.1 Å². The van der Waals surface area contributed by atoms with E-state index in [-0.39, 0.29) is 18.1 Å². The molecule has 0 aliphatic carbocycles. The summed E-state index contributed by atoms with van der Waals surface area (Å²) in [5.74, 6) is -1.20. The van der Waals surface area contributed by atoms with Crippen molar-refractivity contribution in [1.29, 1.82) is 0 Å². The second-order valence-corrected chi connectivity index (χ2v) is 7.89. The molecule has 1 aliphatic heterocycles. The predicted molar refractivity (Wildman–Crippen MR) is 113 cm³/mol. The topological polar surface area (TPSA) is 49.4 Å². The van der Waals surface area contributed by atoms with E-state index in [1.54, 1.807) is 30.3 Å². The first-order valence-corrected chi connectivity index (χ1v) is 10.2. The number of nitrogens with zero attached hydrogens (tertiary/aromatic N) is 1. The van der Waals surface area contributed by atoms with Gasteiger partial charge in [0.2, 0.25) is 0 Å². The van der Waals surface area contributed by atoms with Crippen LogP contribution >= 0.6 is 22.9 Å². The Balaban J connectivity index is 1.62. The van der Waals surface area contributed by atoms with Crippen LogP contribution < -0.4 is 5.32 Å². The summed E-state index contributed by atoms with van der Waals surface area (Å²) in [5, 5.41) is 5.43. The van der Waals surface area contributed by atoms with E-state index in [1.165, 1.54) is 28.4 Å². The van der Waals surface area contributed by atoms with E-state index in [0.29, 0.717) is 27.6 Å². The second kappa shape index (κ2) is 8.19. The van der Waals surface area contributed by atoms with Gasteiger partial charge in [-0.2, -0.15) is 0 Å². The first-order valence-electron chi connectivity index (χ1n) is 8.94. The molecule has 7 heteroatoms. The Morgan fingerprint density at radius 3 is 2.48 bits per heavy atom. The first-order chi connectivity index (χ1) is 14.0. The Morgan fingerprint density at radius 1 is 1.00 bits per heavy atom. The minimum atomic E-state index is -0.426. The Labute approximate surface area is 176 Å². The van der Waals surface area contributed by atoms with Crippen LogP contribution in [-0.2, 0) is 16.0 Å². The van der Waals surface area contributed by atoms with Gasteiger partial charge in [-0.15, -0.1) is 11.3 Å². The highest BCUT2D eigenvalue weighted by Crippen LogP contribution is 2.33. The molecule has 146 valence electrons. The number of rotatable bonds is 6. The monoisotopic (exact) mass is 426 g/mol. The van der Waals surface area contributed by atoms with E-state index in [9.17, 15) is 14.0 Å². The number of anilines is 1. The lowest BCUT2D eigenvalue weighted by molar-refractivity contribution is -0.136. The summed E-state index contributed by atoms with van der Waals surface area (Å²) in [7, 11) is 0. The summed E-state index contributed by atoms with van der Waals surface area (Å²) in [6.45, 7) is 0.239. The lowest BCUT2D eigenvalue weighted by atomic mass is 10.1. The van der Waals surface area contributed by atoms with Crippen molar-refractivity contribution < 1.29 is 14.0 Å². The molecule has 1 aliphatic rings. The second-order valence-electron chi connectivity index (χ2n) is 6.50. The van der Waals surface area contributed by atoms with Gasteiger partial charge in [-0.05, 0) is 53.8 Å². The van der Waals surface area contributed by atoms with Crippen LogP contribution in [0.4, 0.5) is 10.1 Å². The average molecular weight is 427 g/mol. The number of halogens is 2. The van der Waals surface area contributed by atoms with Crippen LogP contribution in [0.3, 0.4) is 0 Å². The summed E-state index contributed by atoms with van der Waals surface area (Å²) < 4.78 is 13.6. The molecule has 0 fully saturated rings. The highest BCUT2D eigenvalue weighted by Gasteiger charge is 2.39. The van der Waals surface area contributed by atoms with Crippen molar-refractivity contribution in [1.82, 2.24) is 4.90 Å². The van der Waals surface area contributed by atoms with Gasteiger partial charge in [0.25, 0.3) is 11.8 Å². The molecule has 1 aromatic heterocycles. The third-order valence-electron chi connectivity index (χ3n) is 4.57. The molecule has 2 amide bonds. The lowest BCUT2D eigenvalue weighted by Gasteiger charge is -2.15. The molecule has 0 spiro atoms. The minimum absolute atomic E-state index is 0.166. The van der Waals surface area contributed by atoms with Gasteiger partial charge < -0.3 is 5.32 Å². The van der Waals surface area contributed by atoms with Crippen molar-refractivity contribution >= 4 is 46.0 Å². The number of imide groups is 1. The van der Waals surface area contributed by atoms with E-state index in [1.807, 2.05) is 23.6 Å². The van der Waals surface area contributed by atoms with Gasteiger partial charge in [0.15, 0.2) is 0 Å². The van der Waals surface area contributed by atoms with Crippen molar-refractivity contribution in [3.8, 4) is 0 Å². The number of benzene rings is 2. The molecule has 0 saturated carbocycles. The lowest BCUT2D eigenvalue weighted by Crippen LogP contribution is -2.34. The van der Waals surface area contributed by atoms with Crippen LogP contribution in [0, 0.1) is 5.82 Å². The van der Waals surface area contributed by atoms with Crippen molar-refractivity contribution in [2.45, 2.75) is 6.42 Å². The van der Waals surface area contributed by atoms with E-state index in [0.717, 1.165) is 5.56 Å². The molecule has 3 aromatic rings. The number of carbonyl (C=O) groups is 2. The molecule has 1 N–H and O–H groups in total. The minimum Gasteiger partial charge on any atom is -0.350 e. The quantitative estimate of drug-likeness (QED) is 0.566. The van der Waals surface area contributed by atoms with Crippen LogP contribution in [-0.4, -0.2) is 23.3 Å². The van der Waals surface area contributed by atoms with Crippen molar-refractivity contribution in [2.75, 3.05) is 11.9 Å². The van der Waals surface area contributed by atoms with E-state index in [2.05, 4.69) is 5.32 Å². The summed E-state index contributed by atoms with van der Waals surface area (Å²) in [6, 6.07) is 16.7. The largest absolute Gasteiger partial charge is 0.350 e. The number of amides is 2. The van der Waals surface area contributed by atoms with E-state index < -0.39 is 11.7 Å². The van der Waals surface area contributed by atoms with Crippen molar-refractivity contribution in [2.24, 2.45) is 0 Å². The molecule has 0 bridgehead atoms. The number of hydrogen-bond acceptors (Lipinski definition) is 4. The molecule has 0 atom stereocenters. The van der Waals surface area contributed by atoms with E-state index in [4.69, 9.17) is 11.6 Å². The molecular weight excluding hydrogens is 411 g/mol. The number of carbonyl (C=O) groups excluding carboxylic acids is 2. The number of hydrogen-bond donors (Lipinski definition) is 1. The van der Waals surface area contributed by atoms with Crippen LogP contribution in [0.25, 0.3) is 5.57 Å². The molecule has 2 aromatic carbocycles. The zero-order valence-electron chi connectivity index (χ0n) is 15.2. The summed E-state index contributed by atoms with van der Waals surface area (Å²) in [6.07, 6.45) is 0.514. The Morgan fingerprint density at radius 2 is 1.79 bits per heavy atom. The van der Waals surface area contributed by atoms with Gasteiger partial charge in [-0.3, -0.25) is 14.5 Å². The van der Waals surface area contributed by atoms with Gasteiger partial charge >= 0.3 is 0 Å². The summed E-state index contributed by atoms with van der Waals surface area (Å²) >= 11 is 7.28. The van der Waals surface area contributed by atoms with Gasteiger partial charge in [-0.1, -0.05) is 35.9 Å². The Bertz CT molecular complexity index is 1090. The molecule has 29 heavy (non-hydrogen) atoms. The van der Waals surface area contributed by atoms with Crippen molar-refractivity contribution in [3.63, 3.8) is 0 Å². The maximum Gasteiger partial charge on any atom is 0.278 e. The number of nitrogens with one attached hydrogen (secondary N) is 1. The number of thiophene rings is 1. The maximum atomic E-state index is 13.6. The highest BCUT2D eigenvalue weighted by molar-refractivity contribution is 7.11. The third-order valence-corrected chi connectivity index (χ3v) is 5.71. The predicted octanol–water partition coefficient (Wildman–Crippen LogP) is 4.98. The van der Waals surface area contributed by atoms with E-state index >= 15 is 0 Å². The van der Waals surface area contributed by atoms with Crippen LogP contribution in [0.1, 0.15) is 10.4 Å². The maximum absolute atomic E-state index is 13.6. The summed E-state index contributed by atoms with van der Waals surface area (Å²) in [5.41, 5.74) is 1.86. The fourth-order valence-corrected chi connectivity index (χ4v) is 4.04. The molecule has 0 unspecified atom stereocenters. The smallest absolute Gasteiger partial charge is 0.278 e. The average Bonchev–Trinajstić information content (AvgIpc) is 3.30. The SMILES string of the molecule is O=C1C(Nc2cccc(F)c2)=C(c2cccs2)C(=O)N1CCc1ccc(Cl)cc1. The molecule has 4 nitrogen and oxygen atoms in total. The zero-order valence-corrected chi connectivity index (χ0v) is 16.8. The molecular formula is C22H16ClFN2O2S. The molecule has 0 saturated heterocycles. The molecule has 2 heterocycles. The van der Waals surface area contributed by atoms with Gasteiger partial charge in [-0.25, -0.2) is 4.39 Å². The van der Waals surface area contributed by atoms with Crippen molar-refractivity contribution in [3.05, 3.63) is 93.0 Å². The summed E-state index contributed by atoms with van der Waals surface area (Å²) in [4.78, 5) is 28.1. The first kappa shape index (κ1) is 19.4. The van der Waals surface area contributed by atoms with Gasteiger partial charge in [0.1, 0.15) is 11.5 Å². The highest BCUT2D eigenvalue weighted by atomic mass is 35.5. The van der Waals surface area contributed by atoms with Crippen LogP contribution in [0.5, 0.6) is 0 Å². The Kier molecular flexibility index (Phi) is 5.47. The third kappa shape index (κ3) is 4.09. The standard InChI is InChI=1S/C22H16ClFN2O2S/c23-15-8-6-14(7-9-15)10-11-26-21(27)19(18-5-2-12-29-18)20(22(26)28)25-17-4-1-3-16(24)13-17/h1-9,12-13,25H,10-11H2. The van der Waals surface area contributed by atoms with Crippen LogP contribution in [0.15, 0.2) is 71.7 Å². The Hall–Kier alpha value is -2.96. The normalized spacial score (nSPS) is 14.1. The fraction of sp³-hybridized carbons (Fsp3) is 0.0909.